The summed E-state index contributed by atoms with van der Waals surface area (Å²) in [4.78, 5) is 29.8. The van der Waals surface area contributed by atoms with Crippen molar-refractivity contribution in [3.8, 4) is 0 Å². The summed E-state index contributed by atoms with van der Waals surface area (Å²) in [7, 11) is 0. The van der Waals surface area contributed by atoms with Crippen molar-refractivity contribution in [1.82, 2.24) is 20.2 Å². The second kappa shape index (κ2) is 5.27. The van der Waals surface area contributed by atoms with Crippen LogP contribution in [0.5, 0.6) is 0 Å². The van der Waals surface area contributed by atoms with Crippen LogP contribution in [-0.2, 0) is 0 Å². The molecule has 0 spiro atoms. The van der Waals surface area contributed by atoms with Gasteiger partial charge in [0.25, 0.3) is 5.91 Å². The largest absolute Gasteiger partial charge is 0.346 e. The van der Waals surface area contributed by atoms with Gasteiger partial charge in [0.05, 0.1) is 5.56 Å². The van der Waals surface area contributed by atoms with Crippen LogP contribution in [0.3, 0.4) is 0 Å². The molecule has 2 aromatic heterocycles. The number of thioether (sulfide) groups is 1. The van der Waals surface area contributed by atoms with E-state index in [1.807, 2.05) is 6.92 Å². The third-order valence-electron chi connectivity index (χ3n) is 2.45. The summed E-state index contributed by atoms with van der Waals surface area (Å²) in [5.74, 6) is 0.0808. The summed E-state index contributed by atoms with van der Waals surface area (Å²) in [6.45, 7) is 3.50. The van der Waals surface area contributed by atoms with E-state index in [-0.39, 0.29) is 5.91 Å². The van der Waals surface area contributed by atoms with E-state index in [2.05, 4.69) is 25.5 Å². The summed E-state index contributed by atoms with van der Waals surface area (Å²) in [6, 6.07) is 1.71. The number of nitrogens with zero attached hydrogens (tertiary/aromatic N) is 2. The van der Waals surface area contributed by atoms with Gasteiger partial charge in [0.2, 0.25) is 0 Å². The Kier molecular flexibility index (Phi) is 3.70. The summed E-state index contributed by atoms with van der Waals surface area (Å²) >= 11 is 1.25. The van der Waals surface area contributed by atoms with Gasteiger partial charge < -0.3 is 10.3 Å². The van der Waals surface area contributed by atoms with Crippen molar-refractivity contribution in [2.24, 2.45) is 0 Å². The maximum atomic E-state index is 12.2. The predicted molar refractivity (Wildman–Crippen MR) is 72.7 cm³/mol. The number of rotatable bonds is 3. The third-order valence-corrected chi connectivity index (χ3v) is 3.14. The molecule has 0 fully saturated rings. The number of nitrogens with one attached hydrogen (secondary N) is 3. The van der Waals surface area contributed by atoms with E-state index < -0.39 is 5.69 Å². The Labute approximate surface area is 113 Å². The van der Waals surface area contributed by atoms with E-state index in [1.54, 1.807) is 19.2 Å². The Morgan fingerprint density at radius 1 is 1.42 bits per heavy atom. The highest BCUT2D eigenvalue weighted by molar-refractivity contribution is 7.98. The van der Waals surface area contributed by atoms with Crippen molar-refractivity contribution in [3.63, 3.8) is 0 Å². The van der Waals surface area contributed by atoms with Crippen LogP contribution in [0, 0.1) is 13.8 Å². The van der Waals surface area contributed by atoms with E-state index in [4.69, 9.17) is 0 Å². The lowest BCUT2D eigenvalue weighted by Gasteiger charge is -2.08. The van der Waals surface area contributed by atoms with Gasteiger partial charge in [0.1, 0.15) is 5.03 Å². The van der Waals surface area contributed by atoms with Crippen molar-refractivity contribution in [2.45, 2.75) is 18.9 Å². The predicted octanol–water partition coefficient (Wildman–Crippen LogP) is 1.08. The number of carbonyl (C=O) groups excluding carboxylic acids is 1. The number of hydrogen-bond donors (Lipinski definition) is 3. The minimum Gasteiger partial charge on any atom is -0.309 e. The highest BCUT2D eigenvalue weighted by Gasteiger charge is 2.17. The lowest BCUT2D eigenvalue weighted by atomic mass is 10.2. The molecule has 2 rings (SSSR count). The van der Waals surface area contributed by atoms with Gasteiger partial charge in [-0.25, -0.2) is 4.79 Å². The summed E-state index contributed by atoms with van der Waals surface area (Å²) in [6.07, 6.45) is 1.76. The average molecular weight is 279 g/mol. The first-order valence-electron chi connectivity index (χ1n) is 5.49. The second-order valence-electron chi connectivity index (χ2n) is 3.94. The fourth-order valence-electron chi connectivity index (χ4n) is 1.64. The summed E-state index contributed by atoms with van der Waals surface area (Å²) in [5.41, 5.74) is 1.22. The number of carbonyl (C=O) groups is 1. The highest BCUT2D eigenvalue weighted by Crippen LogP contribution is 2.19. The number of aromatic nitrogens is 4. The summed E-state index contributed by atoms with van der Waals surface area (Å²) < 4.78 is 0. The van der Waals surface area contributed by atoms with Crippen LogP contribution in [0.4, 0.5) is 5.82 Å². The fraction of sp³-hybridized carbons (Fsp3) is 0.273. The number of aryl methyl sites for hydroxylation is 2. The zero-order valence-corrected chi connectivity index (χ0v) is 11.5. The van der Waals surface area contributed by atoms with Gasteiger partial charge in [-0.3, -0.25) is 9.89 Å². The van der Waals surface area contributed by atoms with E-state index in [9.17, 15) is 9.59 Å². The van der Waals surface area contributed by atoms with Gasteiger partial charge in [0, 0.05) is 17.5 Å². The van der Waals surface area contributed by atoms with Crippen LogP contribution in [0.25, 0.3) is 0 Å². The smallest absolute Gasteiger partial charge is 0.309 e. The Balaban J connectivity index is 2.36. The van der Waals surface area contributed by atoms with Gasteiger partial charge in [-0.15, -0.1) is 11.8 Å². The number of aromatic amines is 2. The summed E-state index contributed by atoms with van der Waals surface area (Å²) in [5, 5.41) is 9.71. The molecule has 0 aromatic carbocycles. The first-order chi connectivity index (χ1) is 9.01. The lowest BCUT2D eigenvalue weighted by molar-refractivity contribution is 0.102. The molecular weight excluding hydrogens is 266 g/mol. The molecule has 2 heterocycles. The molecular formula is C11H13N5O2S. The SMILES string of the molecule is CSc1nc(=O)[nH]c(C)c1C(=O)Nc1cc(C)[nH]n1. The molecule has 0 aliphatic heterocycles. The van der Waals surface area contributed by atoms with Crippen LogP contribution < -0.4 is 11.0 Å². The molecule has 0 unspecified atom stereocenters. The third kappa shape index (κ3) is 2.84. The molecule has 1 amide bonds. The number of hydrogen-bond acceptors (Lipinski definition) is 5. The highest BCUT2D eigenvalue weighted by atomic mass is 32.2. The van der Waals surface area contributed by atoms with E-state index >= 15 is 0 Å². The lowest BCUT2D eigenvalue weighted by Crippen LogP contribution is -2.22. The van der Waals surface area contributed by atoms with Gasteiger partial charge in [-0.05, 0) is 20.1 Å². The molecule has 0 radical (unpaired) electrons. The Morgan fingerprint density at radius 3 is 2.74 bits per heavy atom. The first kappa shape index (κ1) is 13.3. The van der Waals surface area contributed by atoms with Crippen LogP contribution in [0.1, 0.15) is 21.7 Å². The molecule has 0 saturated carbocycles. The molecule has 0 aliphatic carbocycles. The van der Waals surface area contributed by atoms with Gasteiger partial charge in [-0.2, -0.15) is 10.1 Å². The van der Waals surface area contributed by atoms with Crippen molar-refractivity contribution in [1.29, 1.82) is 0 Å². The van der Waals surface area contributed by atoms with Crippen molar-refractivity contribution < 1.29 is 4.79 Å². The normalized spacial score (nSPS) is 10.5. The molecule has 3 N–H and O–H groups in total. The van der Waals surface area contributed by atoms with Crippen LogP contribution in [0.15, 0.2) is 15.9 Å². The standard InChI is InChI=1S/C11H13N5O2S/c1-5-4-7(16-15-5)13-9(17)8-6(2)12-11(18)14-10(8)19-3/h4H,1-3H3,(H,12,14,18)(H2,13,15,16,17). The zero-order valence-electron chi connectivity index (χ0n) is 10.7. The average Bonchev–Trinajstić information content (AvgIpc) is 2.73. The molecule has 7 nitrogen and oxygen atoms in total. The number of H-pyrrole nitrogens is 2. The molecule has 0 saturated heterocycles. The number of anilines is 1. The minimum atomic E-state index is -0.464. The van der Waals surface area contributed by atoms with Gasteiger partial charge in [0.15, 0.2) is 5.82 Å². The van der Waals surface area contributed by atoms with E-state index in [0.29, 0.717) is 22.1 Å². The van der Waals surface area contributed by atoms with Gasteiger partial charge >= 0.3 is 5.69 Å². The number of amides is 1. The Bertz CT molecular complexity index is 676. The first-order valence-corrected chi connectivity index (χ1v) is 6.72. The monoisotopic (exact) mass is 279 g/mol. The molecule has 0 atom stereocenters. The quantitative estimate of drug-likeness (QED) is 0.576. The molecule has 0 aliphatic rings. The van der Waals surface area contributed by atoms with E-state index in [0.717, 1.165) is 5.69 Å². The van der Waals surface area contributed by atoms with Crippen molar-refractivity contribution >= 4 is 23.5 Å². The van der Waals surface area contributed by atoms with Crippen molar-refractivity contribution in [3.05, 3.63) is 33.5 Å². The maximum absolute atomic E-state index is 12.2. The molecule has 0 bridgehead atoms. The van der Waals surface area contributed by atoms with Crippen molar-refractivity contribution in [2.75, 3.05) is 11.6 Å². The molecule has 8 heteroatoms. The van der Waals surface area contributed by atoms with Crippen LogP contribution in [0.2, 0.25) is 0 Å². The Morgan fingerprint density at radius 2 is 2.16 bits per heavy atom. The van der Waals surface area contributed by atoms with Crippen LogP contribution >= 0.6 is 11.8 Å². The molecule has 100 valence electrons. The molecule has 2 aromatic rings. The topological polar surface area (TPSA) is 104 Å². The Hall–Kier alpha value is -2.09. The minimum absolute atomic E-state index is 0.350. The molecule has 19 heavy (non-hydrogen) atoms. The van der Waals surface area contributed by atoms with Crippen LogP contribution in [-0.4, -0.2) is 32.3 Å². The second-order valence-corrected chi connectivity index (χ2v) is 4.74. The maximum Gasteiger partial charge on any atom is 0.346 e. The van der Waals surface area contributed by atoms with E-state index in [1.165, 1.54) is 11.8 Å². The van der Waals surface area contributed by atoms with Gasteiger partial charge in [-0.1, -0.05) is 0 Å². The fourth-order valence-corrected chi connectivity index (χ4v) is 2.26. The zero-order chi connectivity index (χ0) is 14.0.